The molecule has 1 aliphatic rings. The first-order chi connectivity index (χ1) is 12.6. The van der Waals surface area contributed by atoms with Crippen molar-refractivity contribution < 1.29 is 9.59 Å². The van der Waals surface area contributed by atoms with Crippen LogP contribution in [0.25, 0.3) is 0 Å². The standard InChI is InChI=1S/C20H25N3O2S/c1-3-23(17-8-5-4-7-16(17)2)19(24)15-21-10-12-22(13-11-21)20(25)18-9-6-14-26-18/h4-9,14H,3,10-13,15H2,1-2H3. The van der Waals surface area contributed by atoms with E-state index in [1.807, 2.05) is 65.4 Å². The number of benzene rings is 1. The summed E-state index contributed by atoms with van der Waals surface area (Å²) in [5.74, 6) is 0.209. The van der Waals surface area contributed by atoms with E-state index >= 15 is 0 Å². The van der Waals surface area contributed by atoms with Gasteiger partial charge in [0.25, 0.3) is 5.91 Å². The molecule has 138 valence electrons. The molecule has 1 aliphatic heterocycles. The van der Waals surface area contributed by atoms with Crippen molar-refractivity contribution in [3.05, 3.63) is 52.2 Å². The minimum Gasteiger partial charge on any atom is -0.335 e. The number of aryl methyl sites for hydroxylation is 1. The van der Waals surface area contributed by atoms with E-state index in [9.17, 15) is 9.59 Å². The van der Waals surface area contributed by atoms with Crippen molar-refractivity contribution >= 4 is 28.8 Å². The molecule has 1 fully saturated rings. The molecule has 0 N–H and O–H groups in total. The first kappa shape index (κ1) is 18.6. The fourth-order valence-electron chi connectivity index (χ4n) is 3.29. The highest BCUT2D eigenvalue weighted by Gasteiger charge is 2.25. The van der Waals surface area contributed by atoms with Gasteiger partial charge in [0.2, 0.25) is 5.91 Å². The summed E-state index contributed by atoms with van der Waals surface area (Å²) in [4.78, 5) is 31.9. The van der Waals surface area contributed by atoms with E-state index in [-0.39, 0.29) is 11.8 Å². The summed E-state index contributed by atoms with van der Waals surface area (Å²) in [5, 5.41) is 1.92. The fourth-order valence-corrected chi connectivity index (χ4v) is 3.98. The number of nitrogens with zero attached hydrogens (tertiary/aromatic N) is 3. The molecule has 0 aliphatic carbocycles. The number of carbonyl (C=O) groups excluding carboxylic acids is 2. The number of anilines is 1. The molecule has 6 heteroatoms. The third kappa shape index (κ3) is 4.14. The number of likely N-dealkylation sites (N-methyl/N-ethyl adjacent to an activating group) is 1. The molecule has 1 aromatic heterocycles. The largest absolute Gasteiger partial charge is 0.335 e. The maximum Gasteiger partial charge on any atom is 0.264 e. The molecular weight excluding hydrogens is 346 g/mol. The first-order valence-electron chi connectivity index (χ1n) is 9.01. The average molecular weight is 372 g/mol. The Hall–Kier alpha value is -2.18. The summed E-state index contributed by atoms with van der Waals surface area (Å²) in [6.45, 7) is 7.87. The number of carbonyl (C=O) groups is 2. The number of thiophene rings is 1. The average Bonchev–Trinajstić information content (AvgIpc) is 3.19. The van der Waals surface area contributed by atoms with Gasteiger partial charge in [-0.05, 0) is 36.9 Å². The van der Waals surface area contributed by atoms with Gasteiger partial charge in [0.1, 0.15) is 0 Å². The van der Waals surface area contributed by atoms with Crippen LogP contribution in [0.15, 0.2) is 41.8 Å². The van der Waals surface area contributed by atoms with Crippen LogP contribution in [-0.4, -0.2) is 60.9 Å². The highest BCUT2D eigenvalue weighted by Crippen LogP contribution is 2.20. The van der Waals surface area contributed by atoms with E-state index in [0.29, 0.717) is 26.2 Å². The Morgan fingerprint density at radius 2 is 1.81 bits per heavy atom. The fraction of sp³-hybridized carbons (Fsp3) is 0.400. The molecule has 2 heterocycles. The summed E-state index contributed by atoms with van der Waals surface area (Å²) >= 11 is 1.48. The lowest BCUT2D eigenvalue weighted by Gasteiger charge is -2.35. The Morgan fingerprint density at radius 3 is 2.42 bits per heavy atom. The SMILES string of the molecule is CCN(C(=O)CN1CCN(C(=O)c2cccs2)CC1)c1ccccc1C. The predicted molar refractivity (Wildman–Crippen MR) is 106 cm³/mol. The van der Waals surface area contributed by atoms with Crippen LogP contribution >= 0.6 is 11.3 Å². The van der Waals surface area contributed by atoms with Gasteiger partial charge in [0.15, 0.2) is 0 Å². The summed E-state index contributed by atoms with van der Waals surface area (Å²) in [7, 11) is 0. The molecule has 3 rings (SSSR count). The van der Waals surface area contributed by atoms with Crippen molar-refractivity contribution in [3.63, 3.8) is 0 Å². The second-order valence-corrected chi connectivity index (χ2v) is 7.42. The van der Waals surface area contributed by atoms with Gasteiger partial charge in [-0.3, -0.25) is 14.5 Å². The molecule has 0 saturated carbocycles. The molecule has 5 nitrogen and oxygen atoms in total. The van der Waals surface area contributed by atoms with Crippen molar-refractivity contribution in [3.8, 4) is 0 Å². The molecule has 0 atom stereocenters. The second-order valence-electron chi connectivity index (χ2n) is 6.47. The Kier molecular flexibility index (Phi) is 6.06. The molecule has 1 saturated heterocycles. The van der Waals surface area contributed by atoms with Crippen LogP contribution in [0.1, 0.15) is 22.2 Å². The Balaban J connectivity index is 1.56. The highest BCUT2D eigenvalue weighted by atomic mass is 32.1. The minimum absolute atomic E-state index is 0.0982. The van der Waals surface area contributed by atoms with Crippen LogP contribution < -0.4 is 4.90 Å². The maximum atomic E-state index is 12.8. The lowest BCUT2D eigenvalue weighted by molar-refractivity contribution is -0.120. The van der Waals surface area contributed by atoms with Crippen LogP contribution in [0.5, 0.6) is 0 Å². The quantitative estimate of drug-likeness (QED) is 0.812. The highest BCUT2D eigenvalue weighted by molar-refractivity contribution is 7.12. The summed E-state index contributed by atoms with van der Waals surface area (Å²) in [5.41, 5.74) is 2.08. The van der Waals surface area contributed by atoms with Gasteiger partial charge in [0.05, 0.1) is 11.4 Å². The summed E-state index contributed by atoms with van der Waals surface area (Å²) in [6.07, 6.45) is 0. The Labute approximate surface area is 158 Å². The zero-order valence-electron chi connectivity index (χ0n) is 15.4. The lowest BCUT2D eigenvalue weighted by Crippen LogP contribution is -2.51. The zero-order valence-corrected chi connectivity index (χ0v) is 16.2. The van der Waals surface area contributed by atoms with E-state index in [4.69, 9.17) is 0 Å². The van der Waals surface area contributed by atoms with E-state index in [2.05, 4.69) is 4.90 Å². The third-order valence-corrected chi connectivity index (χ3v) is 5.63. The topological polar surface area (TPSA) is 43.9 Å². The Morgan fingerprint density at radius 1 is 1.08 bits per heavy atom. The van der Waals surface area contributed by atoms with Crippen LogP contribution in [0, 0.1) is 6.92 Å². The molecule has 26 heavy (non-hydrogen) atoms. The Bertz CT molecular complexity index is 752. The van der Waals surface area contributed by atoms with Crippen LogP contribution in [-0.2, 0) is 4.79 Å². The van der Waals surface area contributed by atoms with E-state index < -0.39 is 0 Å². The minimum atomic E-state index is 0.0982. The number of piperazine rings is 1. The normalized spacial score (nSPS) is 15.1. The van der Waals surface area contributed by atoms with Gasteiger partial charge >= 0.3 is 0 Å². The number of para-hydroxylation sites is 1. The van der Waals surface area contributed by atoms with Crippen molar-refractivity contribution in [2.45, 2.75) is 13.8 Å². The van der Waals surface area contributed by atoms with Crippen LogP contribution in [0.4, 0.5) is 5.69 Å². The zero-order chi connectivity index (χ0) is 18.5. The van der Waals surface area contributed by atoms with Gasteiger partial charge in [-0.2, -0.15) is 0 Å². The molecule has 0 bridgehead atoms. The number of rotatable bonds is 5. The number of hydrogen-bond acceptors (Lipinski definition) is 4. The smallest absolute Gasteiger partial charge is 0.264 e. The molecule has 1 aromatic carbocycles. The van der Waals surface area contributed by atoms with Crippen molar-refractivity contribution in [1.29, 1.82) is 0 Å². The van der Waals surface area contributed by atoms with Gasteiger partial charge in [-0.1, -0.05) is 24.3 Å². The molecular formula is C20H25N3O2S. The van der Waals surface area contributed by atoms with Crippen LogP contribution in [0.2, 0.25) is 0 Å². The van der Waals surface area contributed by atoms with Crippen molar-refractivity contribution in [2.24, 2.45) is 0 Å². The summed E-state index contributed by atoms with van der Waals surface area (Å²) < 4.78 is 0. The number of amides is 2. The lowest BCUT2D eigenvalue weighted by atomic mass is 10.1. The molecule has 2 amide bonds. The van der Waals surface area contributed by atoms with Gasteiger partial charge in [0, 0.05) is 38.4 Å². The number of hydrogen-bond donors (Lipinski definition) is 0. The monoisotopic (exact) mass is 371 g/mol. The molecule has 2 aromatic rings. The van der Waals surface area contributed by atoms with Crippen LogP contribution in [0.3, 0.4) is 0 Å². The van der Waals surface area contributed by atoms with E-state index in [0.717, 1.165) is 29.2 Å². The maximum absolute atomic E-state index is 12.8. The molecule has 0 spiro atoms. The second kappa shape index (κ2) is 8.47. The predicted octanol–water partition coefficient (Wildman–Crippen LogP) is 2.87. The van der Waals surface area contributed by atoms with Crippen molar-refractivity contribution in [2.75, 3.05) is 44.2 Å². The van der Waals surface area contributed by atoms with E-state index in [1.54, 1.807) is 0 Å². The summed E-state index contributed by atoms with van der Waals surface area (Å²) in [6, 6.07) is 11.7. The van der Waals surface area contributed by atoms with Gasteiger partial charge in [-0.15, -0.1) is 11.3 Å². The molecule has 0 radical (unpaired) electrons. The third-order valence-electron chi connectivity index (χ3n) is 4.77. The van der Waals surface area contributed by atoms with Gasteiger partial charge < -0.3 is 9.80 Å². The van der Waals surface area contributed by atoms with Gasteiger partial charge in [-0.25, -0.2) is 0 Å². The van der Waals surface area contributed by atoms with Crippen molar-refractivity contribution in [1.82, 2.24) is 9.80 Å². The van der Waals surface area contributed by atoms with E-state index in [1.165, 1.54) is 11.3 Å². The first-order valence-corrected chi connectivity index (χ1v) is 9.89. The molecule has 0 unspecified atom stereocenters.